The zero-order valence-electron chi connectivity index (χ0n) is 11.9. The Morgan fingerprint density at radius 3 is 2.63 bits per heavy atom. The summed E-state index contributed by atoms with van der Waals surface area (Å²) in [6.45, 7) is 8.35. The molecule has 0 saturated heterocycles. The summed E-state index contributed by atoms with van der Waals surface area (Å²) in [5.41, 5.74) is -0.0780. The van der Waals surface area contributed by atoms with Gasteiger partial charge in [-0.2, -0.15) is 0 Å². The molecule has 1 heterocycles. The fourth-order valence-corrected chi connectivity index (χ4v) is 2.16. The van der Waals surface area contributed by atoms with E-state index in [0.29, 0.717) is 11.6 Å². The molecule has 108 valence electrons. The third kappa shape index (κ3) is 5.52. The van der Waals surface area contributed by atoms with E-state index in [4.69, 9.17) is 0 Å². The fraction of sp³-hybridized carbons (Fsp3) is 0.750. The van der Waals surface area contributed by atoms with Crippen molar-refractivity contribution < 1.29 is 9.90 Å². The van der Waals surface area contributed by atoms with Crippen LogP contribution in [0.15, 0.2) is 0 Å². The quantitative estimate of drug-likeness (QED) is 0.773. The van der Waals surface area contributed by atoms with Gasteiger partial charge in [0, 0.05) is 12.0 Å². The van der Waals surface area contributed by atoms with Crippen molar-refractivity contribution in [2.24, 2.45) is 0 Å². The summed E-state index contributed by atoms with van der Waals surface area (Å²) >= 11 is 1.36. The molecule has 19 heavy (non-hydrogen) atoms. The van der Waals surface area contributed by atoms with E-state index in [1.54, 1.807) is 0 Å². The van der Waals surface area contributed by atoms with E-state index < -0.39 is 6.10 Å². The maximum atomic E-state index is 11.6. The van der Waals surface area contributed by atoms with Crippen molar-refractivity contribution in [2.75, 3.05) is 11.9 Å². The van der Waals surface area contributed by atoms with Crippen LogP contribution in [0.1, 0.15) is 45.5 Å². The number of carbonyl (C=O) groups is 1. The number of hydrogen-bond acceptors (Lipinski definition) is 5. The number of carbonyl (C=O) groups excluding carboxylic acids is 1. The Labute approximate surface area is 117 Å². The number of nitrogens with one attached hydrogen (secondary N) is 2. The van der Waals surface area contributed by atoms with Gasteiger partial charge in [0.15, 0.2) is 0 Å². The van der Waals surface area contributed by atoms with Crippen LogP contribution in [-0.2, 0) is 5.41 Å². The number of aromatic nitrogens is 2. The highest BCUT2D eigenvalue weighted by Crippen LogP contribution is 2.27. The van der Waals surface area contributed by atoms with E-state index in [1.165, 1.54) is 11.3 Å². The Hall–Kier alpha value is -1.21. The number of rotatable bonds is 5. The van der Waals surface area contributed by atoms with Gasteiger partial charge < -0.3 is 10.4 Å². The highest BCUT2D eigenvalue weighted by atomic mass is 32.1. The van der Waals surface area contributed by atoms with Gasteiger partial charge in [0.05, 0.1) is 6.10 Å². The van der Waals surface area contributed by atoms with E-state index in [1.807, 2.05) is 27.7 Å². The molecule has 0 radical (unpaired) electrons. The molecule has 1 unspecified atom stereocenters. The minimum absolute atomic E-state index is 0.0780. The lowest BCUT2D eigenvalue weighted by Gasteiger charge is -2.12. The summed E-state index contributed by atoms with van der Waals surface area (Å²) < 4.78 is 0. The Kier molecular flexibility index (Phi) is 5.68. The van der Waals surface area contributed by atoms with Crippen molar-refractivity contribution in [2.45, 2.75) is 52.1 Å². The van der Waals surface area contributed by atoms with Crippen LogP contribution in [0.25, 0.3) is 0 Å². The van der Waals surface area contributed by atoms with Crippen LogP contribution >= 0.6 is 11.3 Å². The topological polar surface area (TPSA) is 87.1 Å². The minimum Gasteiger partial charge on any atom is -0.391 e. The molecule has 1 aromatic rings. The van der Waals surface area contributed by atoms with Crippen molar-refractivity contribution in [3.8, 4) is 0 Å². The summed E-state index contributed by atoms with van der Waals surface area (Å²) in [6.07, 6.45) is 1.05. The van der Waals surface area contributed by atoms with Gasteiger partial charge in [-0.1, -0.05) is 45.5 Å². The summed E-state index contributed by atoms with van der Waals surface area (Å²) in [5.74, 6) is 0. The fourth-order valence-electron chi connectivity index (χ4n) is 1.36. The molecule has 0 aliphatic rings. The lowest BCUT2D eigenvalue weighted by atomic mass is 9.98. The Bertz CT molecular complexity index is 414. The Morgan fingerprint density at radius 1 is 1.42 bits per heavy atom. The first-order chi connectivity index (χ1) is 8.82. The molecule has 7 heteroatoms. The van der Waals surface area contributed by atoms with Crippen LogP contribution in [0.4, 0.5) is 9.93 Å². The zero-order chi connectivity index (χ0) is 14.5. The zero-order valence-corrected chi connectivity index (χ0v) is 12.7. The highest BCUT2D eigenvalue weighted by molar-refractivity contribution is 7.15. The van der Waals surface area contributed by atoms with Gasteiger partial charge >= 0.3 is 6.03 Å². The summed E-state index contributed by atoms with van der Waals surface area (Å²) in [6, 6.07) is -0.369. The van der Waals surface area contributed by atoms with Crippen molar-refractivity contribution >= 4 is 22.5 Å². The average molecular weight is 286 g/mol. The normalized spacial score (nSPS) is 13.1. The molecule has 0 bridgehead atoms. The SMILES string of the molecule is CCCC(O)CNC(=O)Nc1nnc(C(C)(C)C)s1. The Balaban J connectivity index is 2.42. The number of aliphatic hydroxyl groups is 1. The maximum Gasteiger partial charge on any atom is 0.321 e. The lowest BCUT2D eigenvalue weighted by Crippen LogP contribution is -2.35. The van der Waals surface area contributed by atoms with Gasteiger partial charge in [0.1, 0.15) is 5.01 Å². The predicted molar refractivity (Wildman–Crippen MR) is 76.5 cm³/mol. The lowest BCUT2D eigenvalue weighted by molar-refractivity contribution is 0.162. The van der Waals surface area contributed by atoms with Crippen molar-refractivity contribution in [3.05, 3.63) is 5.01 Å². The number of aliphatic hydroxyl groups excluding tert-OH is 1. The van der Waals surface area contributed by atoms with Crippen LogP contribution in [0.5, 0.6) is 0 Å². The number of anilines is 1. The van der Waals surface area contributed by atoms with E-state index >= 15 is 0 Å². The molecule has 2 amide bonds. The van der Waals surface area contributed by atoms with Crippen LogP contribution in [0.3, 0.4) is 0 Å². The Morgan fingerprint density at radius 2 is 2.11 bits per heavy atom. The number of amides is 2. The molecule has 0 aliphatic heterocycles. The predicted octanol–water partition coefficient (Wildman–Crippen LogP) is 2.12. The third-order valence-corrected chi connectivity index (χ3v) is 3.67. The van der Waals surface area contributed by atoms with Crippen LogP contribution in [0.2, 0.25) is 0 Å². The molecule has 0 saturated carbocycles. The summed E-state index contributed by atoms with van der Waals surface area (Å²) in [5, 5.41) is 24.0. The van der Waals surface area contributed by atoms with Crippen molar-refractivity contribution in [1.82, 2.24) is 15.5 Å². The first kappa shape index (κ1) is 15.8. The smallest absolute Gasteiger partial charge is 0.321 e. The third-order valence-electron chi connectivity index (χ3n) is 2.41. The molecule has 3 N–H and O–H groups in total. The molecule has 1 rings (SSSR count). The monoisotopic (exact) mass is 286 g/mol. The summed E-state index contributed by atoms with van der Waals surface area (Å²) in [4.78, 5) is 11.6. The second kappa shape index (κ2) is 6.81. The number of hydrogen-bond donors (Lipinski definition) is 3. The second-order valence-electron chi connectivity index (χ2n) is 5.44. The molecule has 0 spiro atoms. The average Bonchev–Trinajstić information content (AvgIpc) is 2.75. The number of urea groups is 1. The van der Waals surface area contributed by atoms with Crippen molar-refractivity contribution in [1.29, 1.82) is 0 Å². The number of nitrogens with zero attached hydrogens (tertiary/aromatic N) is 2. The molecule has 0 fully saturated rings. The standard InChI is InChI=1S/C12H22N4O2S/c1-5-6-8(17)7-13-10(18)14-11-16-15-9(19-11)12(2,3)4/h8,17H,5-7H2,1-4H3,(H2,13,14,16,18). The van der Waals surface area contributed by atoms with Gasteiger partial charge in [0.25, 0.3) is 0 Å². The molecule has 1 aromatic heterocycles. The maximum absolute atomic E-state index is 11.6. The highest BCUT2D eigenvalue weighted by Gasteiger charge is 2.20. The van der Waals surface area contributed by atoms with Crippen molar-refractivity contribution in [3.63, 3.8) is 0 Å². The largest absolute Gasteiger partial charge is 0.391 e. The van der Waals surface area contributed by atoms with E-state index in [-0.39, 0.29) is 18.0 Å². The second-order valence-corrected chi connectivity index (χ2v) is 6.42. The molecular weight excluding hydrogens is 264 g/mol. The van der Waals surface area contributed by atoms with Crippen LogP contribution in [-0.4, -0.2) is 34.0 Å². The molecule has 1 atom stereocenters. The van der Waals surface area contributed by atoms with Crippen LogP contribution in [0, 0.1) is 0 Å². The first-order valence-electron chi connectivity index (χ1n) is 6.39. The van der Waals surface area contributed by atoms with Gasteiger partial charge in [-0.15, -0.1) is 10.2 Å². The van der Waals surface area contributed by atoms with Gasteiger partial charge in [-0.25, -0.2) is 4.79 Å². The molecular formula is C12H22N4O2S. The summed E-state index contributed by atoms with van der Waals surface area (Å²) in [7, 11) is 0. The molecule has 6 nitrogen and oxygen atoms in total. The molecule has 0 aromatic carbocycles. The first-order valence-corrected chi connectivity index (χ1v) is 7.21. The van der Waals surface area contributed by atoms with Gasteiger partial charge in [-0.05, 0) is 6.42 Å². The van der Waals surface area contributed by atoms with Gasteiger partial charge in [0.2, 0.25) is 5.13 Å². The van der Waals surface area contributed by atoms with E-state index in [0.717, 1.165) is 11.4 Å². The van der Waals surface area contributed by atoms with E-state index in [9.17, 15) is 9.90 Å². The van der Waals surface area contributed by atoms with Crippen LogP contribution < -0.4 is 10.6 Å². The minimum atomic E-state index is -0.504. The van der Waals surface area contributed by atoms with Gasteiger partial charge in [-0.3, -0.25) is 5.32 Å². The molecule has 0 aliphatic carbocycles. The van der Waals surface area contributed by atoms with E-state index in [2.05, 4.69) is 20.8 Å².